The lowest BCUT2D eigenvalue weighted by molar-refractivity contribution is -0.117. The van der Waals surface area contributed by atoms with Gasteiger partial charge in [-0.3, -0.25) is 14.4 Å². The number of rotatable bonds is 6. The van der Waals surface area contributed by atoms with Crippen LogP contribution in [0.5, 0.6) is 0 Å². The van der Waals surface area contributed by atoms with E-state index in [0.29, 0.717) is 29.2 Å². The number of nitrogens with one attached hydrogen (secondary N) is 2. The van der Waals surface area contributed by atoms with Gasteiger partial charge in [0.15, 0.2) is 0 Å². The van der Waals surface area contributed by atoms with Crippen molar-refractivity contribution in [1.82, 2.24) is 5.32 Å². The van der Waals surface area contributed by atoms with Gasteiger partial charge in [0.25, 0.3) is 5.91 Å². The molecule has 6 nitrogen and oxygen atoms in total. The summed E-state index contributed by atoms with van der Waals surface area (Å²) in [7, 11) is 0. The zero-order valence-corrected chi connectivity index (χ0v) is 15.5. The fourth-order valence-electron chi connectivity index (χ4n) is 2.89. The molecule has 0 aliphatic carbocycles. The average molecular weight is 386 g/mol. The summed E-state index contributed by atoms with van der Waals surface area (Å²) in [6.07, 6.45) is 1.47. The van der Waals surface area contributed by atoms with E-state index in [1.165, 1.54) is 0 Å². The van der Waals surface area contributed by atoms with Crippen LogP contribution < -0.4 is 15.5 Å². The molecular weight excluding hydrogens is 366 g/mol. The largest absolute Gasteiger partial charge is 0.352 e. The Kier molecular flexibility index (Phi) is 6.08. The molecule has 3 rings (SSSR count). The van der Waals surface area contributed by atoms with Crippen LogP contribution in [0.25, 0.3) is 0 Å². The smallest absolute Gasteiger partial charge is 0.251 e. The maximum Gasteiger partial charge on any atom is 0.251 e. The number of amides is 3. The Morgan fingerprint density at radius 2 is 1.89 bits per heavy atom. The maximum atomic E-state index is 12.2. The predicted molar refractivity (Wildman–Crippen MR) is 105 cm³/mol. The maximum absolute atomic E-state index is 12.2. The molecule has 2 aromatic rings. The van der Waals surface area contributed by atoms with E-state index < -0.39 is 0 Å². The molecule has 1 aliphatic heterocycles. The molecule has 7 heteroatoms. The first-order valence-electron chi connectivity index (χ1n) is 8.77. The fourth-order valence-corrected chi connectivity index (χ4v) is 3.06. The van der Waals surface area contributed by atoms with Crippen LogP contribution in [0, 0.1) is 0 Å². The van der Waals surface area contributed by atoms with Crippen LogP contribution in [0.4, 0.5) is 11.4 Å². The molecule has 1 saturated heterocycles. The van der Waals surface area contributed by atoms with Crippen LogP contribution in [-0.2, 0) is 9.59 Å². The van der Waals surface area contributed by atoms with Gasteiger partial charge in [0.2, 0.25) is 11.8 Å². The molecule has 0 saturated carbocycles. The third kappa shape index (κ3) is 4.86. The summed E-state index contributed by atoms with van der Waals surface area (Å²) in [4.78, 5) is 37.7. The number of anilines is 2. The van der Waals surface area contributed by atoms with Crippen molar-refractivity contribution in [2.75, 3.05) is 23.3 Å². The van der Waals surface area contributed by atoms with Crippen molar-refractivity contribution in [3.05, 3.63) is 59.1 Å². The second-order valence-corrected chi connectivity index (χ2v) is 6.64. The number of benzene rings is 2. The van der Waals surface area contributed by atoms with Gasteiger partial charge in [0.1, 0.15) is 0 Å². The summed E-state index contributed by atoms with van der Waals surface area (Å²) in [5, 5.41) is 5.84. The SMILES string of the molecule is O=C(CCNC(=O)c1ccccc1)Nc1cc(N2CCCC2=O)ccc1Cl. The van der Waals surface area contributed by atoms with Crippen molar-refractivity contribution in [1.29, 1.82) is 0 Å². The summed E-state index contributed by atoms with van der Waals surface area (Å²) in [5.74, 6) is -0.427. The van der Waals surface area contributed by atoms with Crippen LogP contribution in [-0.4, -0.2) is 30.8 Å². The summed E-state index contributed by atoms with van der Waals surface area (Å²) in [6.45, 7) is 0.876. The predicted octanol–water partition coefficient (Wildman–Crippen LogP) is 3.23. The second kappa shape index (κ2) is 8.68. The molecule has 3 amide bonds. The van der Waals surface area contributed by atoms with E-state index in [9.17, 15) is 14.4 Å². The minimum absolute atomic E-state index is 0.0678. The summed E-state index contributed by atoms with van der Waals surface area (Å²) in [6, 6.07) is 13.9. The number of hydrogen-bond donors (Lipinski definition) is 2. The Balaban J connectivity index is 1.54. The van der Waals surface area contributed by atoms with Crippen molar-refractivity contribution in [3.63, 3.8) is 0 Å². The van der Waals surface area contributed by atoms with Crippen molar-refractivity contribution in [2.45, 2.75) is 19.3 Å². The van der Waals surface area contributed by atoms with E-state index in [-0.39, 0.29) is 30.7 Å². The number of halogens is 1. The van der Waals surface area contributed by atoms with Gasteiger partial charge in [-0.2, -0.15) is 0 Å². The van der Waals surface area contributed by atoms with Crippen LogP contribution in [0.1, 0.15) is 29.6 Å². The van der Waals surface area contributed by atoms with Gasteiger partial charge in [-0.1, -0.05) is 29.8 Å². The molecule has 2 N–H and O–H groups in total. The zero-order valence-electron chi connectivity index (χ0n) is 14.7. The summed E-state index contributed by atoms with van der Waals surface area (Å²) < 4.78 is 0. The Hall–Kier alpha value is -2.86. The molecule has 0 bridgehead atoms. The van der Waals surface area contributed by atoms with E-state index in [1.54, 1.807) is 47.4 Å². The van der Waals surface area contributed by atoms with Crippen LogP contribution in [0.15, 0.2) is 48.5 Å². The van der Waals surface area contributed by atoms with Crippen LogP contribution >= 0.6 is 11.6 Å². The minimum Gasteiger partial charge on any atom is -0.352 e. The van der Waals surface area contributed by atoms with Crippen LogP contribution in [0.2, 0.25) is 5.02 Å². The Labute approximate surface area is 162 Å². The zero-order chi connectivity index (χ0) is 19.2. The molecule has 0 unspecified atom stereocenters. The Morgan fingerprint density at radius 1 is 1.11 bits per heavy atom. The summed E-state index contributed by atoms with van der Waals surface area (Å²) >= 11 is 6.16. The third-order valence-electron chi connectivity index (χ3n) is 4.28. The first-order valence-corrected chi connectivity index (χ1v) is 9.15. The van der Waals surface area contributed by atoms with Crippen molar-refractivity contribution >= 4 is 40.7 Å². The lowest BCUT2D eigenvalue weighted by Gasteiger charge is -2.17. The third-order valence-corrected chi connectivity index (χ3v) is 4.61. The van der Waals surface area contributed by atoms with E-state index in [2.05, 4.69) is 10.6 Å². The van der Waals surface area contributed by atoms with Gasteiger partial charge in [-0.15, -0.1) is 0 Å². The normalized spacial score (nSPS) is 13.5. The van der Waals surface area contributed by atoms with E-state index in [1.807, 2.05) is 6.07 Å². The quantitative estimate of drug-likeness (QED) is 0.801. The van der Waals surface area contributed by atoms with E-state index >= 15 is 0 Å². The Morgan fingerprint density at radius 3 is 2.59 bits per heavy atom. The van der Waals surface area contributed by atoms with Crippen molar-refractivity contribution in [2.24, 2.45) is 0 Å². The van der Waals surface area contributed by atoms with Gasteiger partial charge in [-0.05, 0) is 36.8 Å². The minimum atomic E-state index is -0.268. The highest BCUT2D eigenvalue weighted by Crippen LogP contribution is 2.30. The van der Waals surface area contributed by atoms with Crippen molar-refractivity contribution < 1.29 is 14.4 Å². The fraction of sp³-hybridized carbons (Fsp3) is 0.250. The molecule has 0 radical (unpaired) electrons. The first-order chi connectivity index (χ1) is 13.0. The molecule has 1 aliphatic rings. The molecule has 1 heterocycles. The van der Waals surface area contributed by atoms with Gasteiger partial charge in [0, 0.05) is 37.2 Å². The average Bonchev–Trinajstić information content (AvgIpc) is 3.10. The number of carbonyl (C=O) groups excluding carboxylic acids is 3. The molecule has 27 heavy (non-hydrogen) atoms. The van der Waals surface area contributed by atoms with Crippen molar-refractivity contribution in [3.8, 4) is 0 Å². The first kappa shape index (κ1) is 18.9. The van der Waals surface area contributed by atoms with Gasteiger partial charge in [0.05, 0.1) is 10.7 Å². The standard InChI is InChI=1S/C20H20ClN3O3/c21-16-9-8-15(24-12-4-7-19(24)26)13-17(16)23-18(25)10-11-22-20(27)14-5-2-1-3-6-14/h1-3,5-6,8-9,13H,4,7,10-12H2,(H,22,27)(H,23,25). The van der Waals surface area contributed by atoms with E-state index in [0.717, 1.165) is 12.1 Å². The molecule has 0 aromatic heterocycles. The van der Waals surface area contributed by atoms with Gasteiger partial charge in [-0.25, -0.2) is 0 Å². The van der Waals surface area contributed by atoms with Crippen LogP contribution in [0.3, 0.4) is 0 Å². The molecule has 140 valence electrons. The monoisotopic (exact) mass is 385 g/mol. The Bertz CT molecular complexity index is 855. The topological polar surface area (TPSA) is 78.5 Å². The lowest BCUT2D eigenvalue weighted by Crippen LogP contribution is -2.27. The molecule has 1 fully saturated rings. The van der Waals surface area contributed by atoms with E-state index in [4.69, 9.17) is 11.6 Å². The number of hydrogen-bond acceptors (Lipinski definition) is 3. The molecule has 0 atom stereocenters. The lowest BCUT2D eigenvalue weighted by atomic mass is 10.2. The van der Waals surface area contributed by atoms with Gasteiger partial charge < -0.3 is 15.5 Å². The molecule has 2 aromatic carbocycles. The number of nitrogens with zero attached hydrogens (tertiary/aromatic N) is 1. The second-order valence-electron chi connectivity index (χ2n) is 6.23. The highest BCUT2D eigenvalue weighted by atomic mass is 35.5. The highest BCUT2D eigenvalue weighted by Gasteiger charge is 2.22. The molecular formula is C20H20ClN3O3. The summed E-state index contributed by atoms with van der Waals surface area (Å²) in [5.41, 5.74) is 1.71. The highest BCUT2D eigenvalue weighted by molar-refractivity contribution is 6.33. The number of carbonyl (C=O) groups is 3. The molecule has 0 spiro atoms. The van der Waals surface area contributed by atoms with Gasteiger partial charge >= 0.3 is 0 Å².